The van der Waals surface area contributed by atoms with Gasteiger partial charge in [0.15, 0.2) is 0 Å². The number of rotatable bonds is 4. The Hall–Kier alpha value is -2.03. The summed E-state index contributed by atoms with van der Waals surface area (Å²) < 4.78 is 80.1. The van der Waals surface area contributed by atoms with E-state index < -0.39 is 29.5 Å². The van der Waals surface area contributed by atoms with E-state index in [0.717, 1.165) is 18.2 Å². The van der Waals surface area contributed by atoms with Gasteiger partial charge in [-0.1, -0.05) is 18.2 Å². The van der Waals surface area contributed by atoms with Gasteiger partial charge in [-0.05, 0) is 11.6 Å². The van der Waals surface area contributed by atoms with Crippen LogP contribution in [0.5, 0.6) is 0 Å². The van der Waals surface area contributed by atoms with E-state index >= 15 is 0 Å². The van der Waals surface area contributed by atoms with Crippen molar-refractivity contribution in [1.82, 2.24) is 14.9 Å². The second-order valence-corrected chi connectivity index (χ2v) is 4.89. The number of nitrogens with one attached hydrogen (secondary N) is 1. The predicted molar refractivity (Wildman–Crippen MR) is 70.3 cm³/mol. The molecule has 1 N–H and O–H groups in total. The van der Waals surface area contributed by atoms with Gasteiger partial charge in [0.05, 0.1) is 12.1 Å². The van der Waals surface area contributed by atoms with Crippen molar-refractivity contribution < 1.29 is 26.3 Å². The minimum absolute atomic E-state index is 0.281. The van der Waals surface area contributed by atoms with Crippen LogP contribution in [0.25, 0.3) is 0 Å². The van der Waals surface area contributed by atoms with Gasteiger partial charge < -0.3 is 4.57 Å². The number of benzene rings is 1. The molecular formula is C14H13F6N3. The van der Waals surface area contributed by atoms with Crippen LogP contribution in [0, 0.1) is 0 Å². The SMILES string of the molecule is Cn1ccnc1CN[C@@H](c1ccccc1C(F)(F)F)C(F)(F)F. The first-order chi connectivity index (χ1) is 10.6. The lowest BCUT2D eigenvalue weighted by atomic mass is 9.99. The van der Waals surface area contributed by atoms with Crippen LogP contribution in [0.3, 0.4) is 0 Å². The monoisotopic (exact) mass is 337 g/mol. The Bertz CT molecular complexity index is 659. The molecule has 0 aliphatic rings. The molecule has 0 saturated carbocycles. The fraction of sp³-hybridized carbons (Fsp3) is 0.357. The van der Waals surface area contributed by atoms with Crippen LogP contribution < -0.4 is 5.32 Å². The second-order valence-electron chi connectivity index (χ2n) is 4.89. The smallest absolute Gasteiger partial charge is 0.337 e. The van der Waals surface area contributed by atoms with Crippen molar-refractivity contribution in [1.29, 1.82) is 0 Å². The zero-order valence-corrected chi connectivity index (χ0v) is 11.9. The summed E-state index contributed by atoms with van der Waals surface area (Å²) in [5.41, 5.74) is -2.17. The Balaban J connectivity index is 2.35. The third kappa shape index (κ3) is 4.04. The van der Waals surface area contributed by atoms with Crippen molar-refractivity contribution in [3.8, 4) is 0 Å². The number of imidazole rings is 1. The molecule has 9 heteroatoms. The summed E-state index contributed by atoms with van der Waals surface area (Å²) >= 11 is 0. The summed E-state index contributed by atoms with van der Waals surface area (Å²) in [6, 6.07) is 1.21. The molecule has 1 heterocycles. The van der Waals surface area contributed by atoms with Crippen molar-refractivity contribution in [2.24, 2.45) is 7.05 Å². The number of alkyl halides is 6. The van der Waals surface area contributed by atoms with Crippen molar-refractivity contribution in [2.75, 3.05) is 0 Å². The first kappa shape index (κ1) is 17.3. The molecule has 0 amide bonds. The minimum atomic E-state index is -4.88. The molecule has 23 heavy (non-hydrogen) atoms. The van der Waals surface area contributed by atoms with Crippen LogP contribution >= 0.6 is 0 Å². The maximum absolute atomic E-state index is 13.2. The first-order valence-electron chi connectivity index (χ1n) is 6.53. The van der Waals surface area contributed by atoms with Crippen molar-refractivity contribution in [2.45, 2.75) is 24.9 Å². The topological polar surface area (TPSA) is 29.9 Å². The molecule has 0 spiro atoms. The van der Waals surface area contributed by atoms with E-state index in [4.69, 9.17) is 0 Å². The van der Waals surface area contributed by atoms with Gasteiger partial charge >= 0.3 is 12.4 Å². The Kier molecular flexibility index (Phi) is 4.69. The summed E-state index contributed by atoms with van der Waals surface area (Å²) in [5, 5.41) is 2.12. The molecule has 0 radical (unpaired) electrons. The summed E-state index contributed by atoms with van der Waals surface area (Å²) in [5.74, 6) is 0.281. The average Bonchev–Trinajstić information content (AvgIpc) is 2.82. The van der Waals surface area contributed by atoms with E-state index in [1.165, 1.54) is 17.0 Å². The van der Waals surface area contributed by atoms with E-state index in [1.54, 1.807) is 7.05 Å². The molecule has 0 unspecified atom stereocenters. The average molecular weight is 337 g/mol. The highest BCUT2D eigenvalue weighted by Gasteiger charge is 2.45. The Morgan fingerprint density at radius 1 is 1.13 bits per heavy atom. The van der Waals surface area contributed by atoms with Gasteiger partial charge in [0.2, 0.25) is 0 Å². The Morgan fingerprint density at radius 2 is 1.78 bits per heavy atom. The zero-order valence-electron chi connectivity index (χ0n) is 11.9. The van der Waals surface area contributed by atoms with Gasteiger partial charge in [0, 0.05) is 19.4 Å². The maximum atomic E-state index is 13.2. The van der Waals surface area contributed by atoms with Gasteiger partial charge in [-0.3, -0.25) is 5.32 Å². The van der Waals surface area contributed by atoms with Crippen molar-refractivity contribution in [3.05, 3.63) is 53.6 Å². The molecule has 3 nitrogen and oxygen atoms in total. The lowest BCUT2D eigenvalue weighted by molar-refractivity contribution is -0.163. The fourth-order valence-corrected chi connectivity index (χ4v) is 2.17. The van der Waals surface area contributed by atoms with Gasteiger partial charge in [0.1, 0.15) is 11.9 Å². The summed E-state index contributed by atoms with van der Waals surface area (Å²) in [7, 11) is 1.58. The highest BCUT2D eigenvalue weighted by molar-refractivity contribution is 5.33. The standard InChI is InChI=1S/C14H13F6N3/c1-23-7-6-21-11(23)8-22-12(14(18,19)20)9-4-2-3-5-10(9)13(15,16)17/h2-7,12,22H,8H2,1H3/t12-/m0/s1. The van der Waals surface area contributed by atoms with E-state index in [9.17, 15) is 26.3 Å². The molecule has 0 fully saturated rings. The number of nitrogens with zero attached hydrogens (tertiary/aromatic N) is 2. The van der Waals surface area contributed by atoms with Crippen LogP contribution in [-0.2, 0) is 19.8 Å². The van der Waals surface area contributed by atoms with E-state index in [-0.39, 0.29) is 12.4 Å². The number of aromatic nitrogens is 2. The third-order valence-electron chi connectivity index (χ3n) is 3.29. The number of hydrogen-bond acceptors (Lipinski definition) is 2. The van der Waals surface area contributed by atoms with Crippen LogP contribution in [0.15, 0.2) is 36.7 Å². The third-order valence-corrected chi connectivity index (χ3v) is 3.29. The summed E-state index contributed by atoms with van der Waals surface area (Å²) in [4.78, 5) is 3.85. The number of hydrogen-bond donors (Lipinski definition) is 1. The Labute approximate surface area is 127 Å². The van der Waals surface area contributed by atoms with Crippen LogP contribution in [0.4, 0.5) is 26.3 Å². The summed E-state index contributed by atoms with van der Waals surface area (Å²) in [6.45, 7) is -0.320. The molecule has 0 aliphatic carbocycles. The number of aryl methyl sites for hydroxylation is 1. The van der Waals surface area contributed by atoms with Crippen molar-refractivity contribution in [3.63, 3.8) is 0 Å². The van der Waals surface area contributed by atoms with E-state index in [1.807, 2.05) is 0 Å². The van der Waals surface area contributed by atoms with Gasteiger partial charge in [-0.15, -0.1) is 0 Å². The second kappa shape index (κ2) is 6.23. The van der Waals surface area contributed by atoms with Crippen LogP contribution in [-0.4, -0.2) is 15.7 Å². The summed E-state index contributed by atoms with van der Waals surface area (Å²) in [6.07, 6.45) is -6.83. The molecule has 0 bridgehead atoms. The highest BCUT2D eigenvalue weighted by Crippen LogP contribution is 2.40. The molecule has 0 saturated heterocycles. The van der Waals surface area contributed by atoms with Gasteiger partial charge in [0.25, 0.3) is 0 Å². The molecule has 1 atom stereocenters. The molecule has 1 aromatic heterocycles. The molecule has 126 valence electrons. The lowest BCUT2D eigenvalue weighted by Gasteiger charge is -2.25. The highest BCUT2D eigenvalue weighted by atomic mass is 19.4. The molecule has 0 aliphatic heterocycles. The van der Waals surface area contributed by atoms with Crippen LogP contribution in [0.2, 0.25) is 0 Å². The molecule has 1 aromatic carbocycles. The maximum Gasteiger partial charge on any atom is 0.416 e. The molecular weight excluding hydrogens is 324 g/mol. The fourth-order valence-electron chi connectivity index (χ4n) is 2.17. The predicted octanol–water partition coefficient (Wildman–Crippen LogP) is 3.83. The lowest BCUT2D eigenvalue weighted by Crippen LogP contribution is -2.35. The zero-order chi connectivity index (χ0) is 17.3. The van der Waals surface area contributed by atoms with Crippen LogP contribution in [0.1, 0.15) is 23.0 Å². The normalized spacial score (nSPS) is 14.0. The largest absolute Gasteiger partial charge is 0.416 e. The van der Waals surface area contributed by atoms with Gasteiger partial charge in [-0.25, -0.2) is 4.98 Å². The quantitative estimate of drug-likeness (QED) is 0.860. The first-order valence-corrected chi connectivity index (χ1v) is 6.53. The minimum Gasteiger partial charge on any atom is -0.337 e. The van der Waals surface area contributed by atoms with Crippen molar-refractivity contribution >= 4 is 0 Å². The van der Waals surface area contributed by atoms with Gasteiger partial charge in [-0.2, -0.15) is 26.3 Å². The van der Waals surface area contributed by atoms with E-state index in [0.29, 0.717) is 6.07 Å². The Morgan fingerprint density at radius 3 is 2.30 bits per heavy atom. The molecule has 2 aromatic rings. The number of halogens is 6. The van der Waals surface area contributed by atoms with E-state index in [2.05, 4.69) is 10.3 Å². The molecule has 2 rings (SSSR count).